The first-order valence-corrected chi connectivity index (χ1v) is 3.85. The van der Waals surface area contributed by atoms with E-state index in [9.17, 15) is 0 Å². The van der Waals surface area contributed by atoms with E-state index in [1.54, 1.807) is 0 Å². The van der Waals surface area contributed by atoms with Crippen molar-refractivity contribution in [3.63, 3.8) is 0 Å². The molecule has 0 aliphatic carbocycles. The molecule has 1 aliphatic heterocycles. The first-order valence-electron chi connectivity index (χ1n) is 2.87. The summed E-state index contributed by atoms with van der Waals surface area (Å²) in [5.74, 6) is 1.12. The molecule has 0 spiro atoms. The van der Waals surface area contributed by atoms with Gasteiger partial charge in [0, 0.05) is 10.7 Å². The molecule has 0 fully saturated rings. The summed E-state index contributed by atoms with van der Waals surface area (Å²) in [5.41, 5.74) is 0. The van der Waals surface area contributed by atoms with Crippen LogP contribution in [0.4, 0.5) is 0 Å². The molecular weight excluding hydrogens is 120 g/mol. The second-order valence-corrected chi connectivity index (χ2v) is 2.88. The van der Waals surface area contributed by atoms with E-state index in [4.69, 9.17) is 4.74 Å². The van der Waals surface area contributed by atoms with E-state index in [2.05, 4.69) is 6.92 Å². The SMILES string of the molecule is CCC1=COCCS1. The van der Waals surface area contributed by atoms with Crippen molar-refractivity contribution in [2.75, 3.05) is 12.4 Å². The zero-order valence-corrected chi connectivity index (χ0v) is 5.83. The molecule has 0 radical (unpaired) electrons. The summed E-state index contributed by atoms with van der Waals surface area (Å²) in [4.78, 5) is 1.37. The zero-order valence-electron chi connectivity index (χ0n) is 5.02. The highest BCUT2D eigenvalue weighted by Crippen LogP contribution is 2.21. The van der Waals surface area contributed by atoms with Gasteiger partial charge < -0.3 is 4.74 Å². The lowest BCUT2D eigenvalue weighted by molar-refractivity contribution is 0.267. The summed E-state index contributed by atoms with van der Waals surface area (Å²) in [6.45, 7) is 3.03. The van der Waals surface area contributed by atoms with Gasteiger partial charge >= 0.3 is 0 Å². The van der Waals surface area contributed by atoms with Crippen LogP contribution in [0.5, 0.6) is 0 Å². The van der Waals surface area contributed by atoms with E-state index >= 15 is 0 Å². The van der Waals surface area contributed by atoms with Crippen LogP contribution in [0, 0.1) is 0 Å². The number of hydrogen-bond donors (Lipinski definition) is 0. The Labute approximate surface area is 54.1 Å². The molecule has 1 nitrogen and oxygen atoms in total. The molecule has 46 valence electrons. The summed E-state index contributed by atoms with van der Waals surface area (Å²) in [6.07, 6.45) is 2.98. The molecule has 0 saturated heterocycles. The average Bonchev–Trinajstić information content (AvgIpc) is 1.90. The summed E-state index contributed by atoms with van der Waals surface area (Å²) in [5, 5.41) is 0. The monoisotopic (exact) mass is 130 g/mol. The molecule has 1 rings (SSSR count). The van der Waals surface area contributed by atoms with Crippen LogP contribution in [0.15, 0.2) is 11.2 Å². The van der Waals surface area contributed by atoms with E-state index in [-0.39, 0.29) is 0 Å². The molecule has 0 aromatic carbocycles. The Hall–Kier alpha value is -0.110. The normalized spacial score (nSPS) is 19.4. The van der Waals surface area contributed by atoms with E-state index in [0.717, 1.165) is 18.8 Å². The Morgan fingerprint density at radius 3 is 3.12 bits per heavy atom. The quantitative estimate of drug-likeness (QED) is 0.537. The first-order chi connectivity index (χ1) is 3.93. The van der Waals surface area contributed by atoms with Gasteiger partial charge in [-0.15, -0.1) is 11.8 Å². The number of rotatable bonds is 1. The molecule has 2 heteroatoms. The van der Waals surface area contributed by atoms with Gasteiger partial charge in [-0.3, -0.25) is 0 Å². The number of ether oxygens (including phenoxy) is 1. The van der Waals surface area contributed by atoms with Gasteiger partial charge in [-0.1, -0.05) is 6.92 Å². The molecule has 0 atom stereocenters. The van der Waals surface area contributed by atoms with Crippen molar-refractivity contribution in [1.82, 2.24) is 0 Å². The van der Waals surface area contributed by atoms with Crippen LogP contribution in [-0.2, 0) is 4.74 Å². The molecule has 0 N–H and O–H groups in total. The van der Waals surface area contributed by atoms with Crippen LogP contribution in [-0.4, -0.2) is 12.4 Å². The highest BCUT2D eigenvalue weighted by Gasteiger charge is 2.00. The van der Waals surface area contributed by atoms with Gasteiger partial charge in [0.2, 0.25) is 0 Å². The molecule has 0 saturated carbocycles. The Kier molecular flexibility index (Phi) is 2.27. The van der Waals surface area contributed by atoms with Crippen molar-refractivity contribution >= 4 is 11.8 Å². The van der Waals surface area contributed by atoms with Crippen LogP contribution in [0.25, 0.3) is 0 Å². The molecule has 0 bridgehead atoms. The Balaban J connectivity index is 2.37. The van der Waals surface area contributed by atoms with Crippen molar-refractivity contribution in [2.45, 2.75) is 13.3 Å². The molecule has 8 heavy (non-hydrogen) atoms. The summed E-state index contributed by atoms with van der Waals surface area (Å²) < 4.78 is 5.09. The predicted molar refractivity (Wildman–Crippen MR) is 36.8 cm³/mol. The largest absolute Gasteiger partial charge is 0.500 e. The summed E-state index contributed by atoms with van der Waals surface area (Å²) in [7, 11) is 0. The third-order valence-electron chi connectivity index (χ3n) is 1.05. The van der Waals surface area contributed by atoms with Crippen molar-refractivity contribution in [3.05, 3.63) is 11.2 Å². The third-order valence-corrected chi connectivity index (χ3v) is 2.18. The fourth-order valence-corrected chi connectivity index (χ4v) is 1.37. The Morgan fingerprint density at radius 2 is 2.75 bits per heavy atom. The molecule has 1 aliphatic rings. The topological polar surface area (TPSA) is 9.23 Å². The van der Waals surface area contributed by atoms with Crippen LogP contribution in [0.3, 0.4) is 0 Å². The summed E-state index contributed by atoms with van der Waals surface area (Å²) in [6, 6.07) is 0. The smallest absolute Gasteiger partial charge is 0.0967 e. The number of allylic oxidation sites excluding steroid dienone is 1. The molecular formula is C6H10OS. The lowest BCUT2D eigenvalue weighted by Gasteiger charge is -2.10. The highest BCUT2D eigenvalue weighted by atomic mass is 32.2. The maximum atomic E-state index is 5.09. The van der Waals surface area contributed by atoms with Gasteiger partial charge in [0.25, 0.3) is 0 Å². The second-order valence-electron chi connectivity index (χ2n) is 1.66. The predicted octanol–water partition coefficient (Wildman–Crippen LogP) is 2.00. The van der Waals surface area contributed by atoms with Crippen LogP contribution in [0.1, 0.15) is 13.3 Å². The molecule has 0 aromatic rings. The minimum atomic E-state index is 0.883. The molecule has 0 aromatic heterocycles. The standard InChI is InChI=1S/C6H10OS/c1-2-6-5-7-3-4-8-6/h5H,2-4H2,1H3. The number of thioether (sulfide) groups is 1. The van der Waals surface area contributed by atoms with Crippen LogP contribution in [0.2, 0.25) is 0 Å². The lowest BCUT2D eigenvalue weighted by atomic mass is 10.5. The van der Waals surface area contributed by atoms with E-state index in [0.29, 0.717) is 0 Å². The average molecular weight is 130 g/mol. The second kappa shape index (κ2) is 3.02. The maximum Gasteiger partial charge on any atom is 0.0967 e. The van der Waals surface area contributed by atoms with Gasteiger partial charge in [-0.05, 0) is 6.42 Å². The van der Waals surface area contributed by atoms with Gasteiger partial charge in [-0.25, -0.2) is 0 Å². The fraction of sp³-hybridized carbons (Fsp3) is 0.667. The van der Waals surface area contributed by atoms with Gasteiger partial charge in [0.05, 0.1) is 12.9 Å². The lowest BCUT2D eigenvalue weighted by Crippen LogP contribution is -1.97. The number of hydrogen-bond acceptors (Lipinski definition) is 2. The minimum absolute atomic E-state index is 0.883. The van der Waals surface area contributed by atoms with E-state index in [1.165, 1.54) is 4.91 Å². The first kappa shape index (κ1) is 6.02. The summed E-state index contributed by atoms with van der Waals surface area (Å²) >= 11 is 1.90. The van der Waals surface area contributed by atoms with Crippen molar-refractivity contribution in [1.29, 1.82) is 0 Å². The zero-order chi connectivity index (χ0) is 5.82. The Bertz CT molecular complexity index is 98.7. The maximum absolute atomic E-state index is 5.09. The minimum Gasteiger partial charge on any atom is -0.500 e. The van der Waals surface area contributed by atoms with Crippen molar-refractivity contribution in [3.8, 4) is 0 Å². The van der Waals surface area contributed by atoms with Crippen LogP contribution < -0.4 is 0 Å². The van der Waals surface area contributed by atoms with Gasteiger partial charge in [-0.2, -0.15) is 0 Å². The third kappa shape index (κ3) is 1.44. The van der Waals surface area contributed by atoms with Gasteiger partial charge in [0.1, 0.15) is 0 Å². The van der Waals surface area contributed by atoms with Crippen molar-refractivity contribution < 1.29 is 4.74 Å². The van der Waals surface area contributed by atoms with Crippen LogP contribution >= 0.6 is 11.8 Å². The molecule has 0 unspecified atom stereocenters. The molecule has 1 heterocycles. The fourth-order valence-electron chi connectivity index (χ4n) is 0.592. The van der Waals surface area contributed by atoms with E-state index in [1.807, 2.05) is 18.0 Å². The highest BCUT2D eigenvalue weighted by molar-refractivity contribution is 8.03. The Morgan fingerprint density at radius 1 is 1.88 bits per heavy atom. The van der Waals surface area contributed by atoms with Crippen molar-refractivity contribution in [2.24, 2.45) is 0 Å². The van der Waals surface area contributed by atoms with E-state index < -0.39 is 0 Å². The van der Waals surface area contributed by atoms with Gasteiger partial charge in [0.15, 0.2) is 0 Å². The molecule has 0 amide bonds.